The number of ether oxygens (including phenoxy) is 1. The summed E-state index contributed by atoms with van der Waals surface area (Å²) in [6.07, 6.45) is 10.5. The SMILES string of the molecule is O=C(NC1CCCCC1)c1ccccc1OC1CCN(C(=O)c2cccnc2)CC1. The maximum absolute atomic E-state index is 12.8. The van der Waals surface area contributed by atoms with Crippen LogP contribution in [-0.4, -0.2) is 46.9 Å². The Hall–Kier alpha value is -2.89. The van der Waals surface area contributed by atoms with E-state index in [4.69, 9.17) is 4.74 Å². The van der Waals surface area contributed by atoms with Crippen molar-refractivity contribution < 1.29 is 14.3 Å². The minimum atomic E-state index is -0.0540. The lowest BCUT2D eigenvalue weighted by Gasteiger charge is -2.32. The summed E-state index contributed by atoms with van der Waals surface area (Å²) in [5.41, 5.74) is 1.21. The number of carbonyl (C=O) groups is 2. The van der Waals surface area contributed by atoms with Crippen LogP contribution in [0.1, 0.15) is 65.7 Å². The Kier molecular flexibility index (Phi) is 6.62. The van der Waals surface area contributed by atoms with Crippen LogP contribution in [0, 0.1) is 0 Å². The third-order valence-corrected chi connectivity index (χ3v) is 6.00. The highest BCUT2D eigenvalue weighted by atomic mass is 16.5. The van der Waals surface area contributed by atoms with E-state index in [1.54, 1.807) is 24.5 Å². The highest BCUT2D eigenvalue weighted by Crippen LogP contribution is 2.25. The summed E-state index contributed by atoms with van der Waals surface area (Å²) in [5.74, 6) is 0.582. The standard InChI is InChI=1S/C24H29N3O3/c28-23(26-19-8-2-1-3-9-19)21-10-4-5-11-22(21)30-20-12-15-27(16-13-20)24(29)18-7-6-14-25-17-18/h4-7,10-11,14,17,19-20H,1-3,8-9,12-13,15-16H2,(H,26,28). The number of hydrogen-bond donors (Lipinski definition) is 1. The molecule has 1 N–H and O–H groups in total. The fourth-order valence-electron chi connectivity index (χ4n) is 4.30. The Balaban J connectivity index is 1.34. The Morgan fingerprint density at radius 3 is 2.47 bits per heavy atom. The molecule has 6 nitrogen and oxygen atoms in total. The van der Waals surface area contributed by atoms with Gasteiger partial charge in [-0.15, -0.1) is 0 Å². The van der Waals surface area contributed by atoms with Crippen molar-refractivity contribution in [2.24, 2.45) is 0 Å². The number of rotatable bonds is 5. The number of carbonyl (C=O) groups excluding carboxylic acids is 2. The number of benzene rings is 1. The molecule has 2 aromatic rings. The fraction of sp³-hybridized carbons (Fsp3) is 0.458. The molecule has 0 atom stereocenters. The summed E-state index contributed by atoms with van der Waals surface area (Å²) < 4.78 is 6.22. The van der Waals surface area contributed by atoms with E-state index in [1.165, 1.54) is 19.3 Å². The Labute approximate surface area is 177 Å². The maximum atomic E-state index is 12.8. The molecule has 1 saturated heterocycles. The van der Waals surface area contributed by atoms with Crippen LogP contribution >= 0.6 is 0 Å². The van der Waals surface area contributed by atoms with Crippen LogP contribution in [-0.2, 0) is 0 Å². The molecule has 2 heterocycles. The second kappa shape index (κ2) is 9.74. The van der Waals surface area contributed by atoms with Crippen molar-refractivity contribution in [3.8, 4) is 5.75 Å². The minimum absolute atomic E-state index is 0.00780. The largest absolute Gasteiger partial charge is 0.489 e. The number of pyridine rings is 1. The van der Waals surface area contributed by atoms with Crippen molar-refractivity contribution in [3.63, 3.8) is 0 Å². The van der Waals surface area contributed by atoms with Gasteiger partial charge in [0.2, 0.25) is 0 Å². The quantitative estimate of drug-likeness (QED) is 0.818. The summed E-state index contributed by atoms with van der Waals surface area (Å²) in [7, 11) is 0. The average molecular weight is 408 g/mol. The molecular weight excluding hydrogens is 378 g/mol. The van der Waals surface area contributed by atoms with Crippen LogP contribution in [0.5, 0.6) is 5.75 Å². The molecule has 158 valence electrons. The number of nitrogens with zero attached hydrogens (tertiary/aromatic N) is 2. The van der Waals surface area contributed by atoms with Gasteiger partial charge < -0.3 is 15.0 Å². The lowest BCUT2D eigenvalue weighted by molar-refractivity contribution is 0.0593. The van der Waals surface area contributed by atoms with E-state index in [0.29, 0.717) is 30.0 Å². The third-order valence-electron chi connectivity index (χ3n) is 6.00. The molecule has 1 aromatic heterocycles. The van der Waals surface area contributed by atoms with Gasteiger partial charge in [0.1, 0.15) is 11.9 Å². The number of aromatic nitrogens is 1. The summed E-state index contributed by atoms with van der Waals surface area (Å²) in [6.45, 7) is 1.27. The normalized spacial score (nSPS) is 18.1. The Morgan fingerprint density at radius 2 is 1.73 bits per heavy atom. The molecule has 2 aliphatic rings. The smallest absolute Gasteiger partial charge is 0.255 e. The topological polar surface area (TPSA) is 71.5 Å². The predicted octanol–water partition coefficient (Wildman–Crippen LogP) is 3.83. The summed E-state index contributed by atoms with van der Waals surface area (Å²) >= 11 is 0. The lowest BCUT2D eigenvalue weighted by atomic mass is 9.95. The van der Waals surface area contributed by atoms with Crippen molar-refractivity contribution in [2.75, 3.05) is 13.1 Å². The first-order chi connectivity index (χ1) is 14.7. The second-order valence-electron chi connectivity index (χ2n) is 8.16. The zero-order valence-electron chi connectivity index (χ0n) is 17.3. The Bertz CT molecular complexity index is 857. The van der Waals surface area contributed by atoms with Crippen molar-refractivity contribution in [1.29, 1.82) is 0 Å². The minimum Gasteiger partial charge on any atom is -0.489 e. The van der Waals surface area contributed by atoms with Gasteiger partial charge >= 0.3 is 0 Å². The molecule has 4 rings (SSSR count). The molecule has 0 radical (unpaired) electrons. The lowest BCUT2D eigenvalue weighted by Crippen LogP contribution is -2.42. The molecule has 30 heavy (non-hydrogen) atoms. The molecule has 0 spiro atoms. The maximum Gasteiger partial charge on any atom is 0.255 e. The van der Waals surface area contributed by atoms with Crippen LogP contribution < -0.4 is 10.1 Å². The number of para-hydroxylation sites is 1. The average Bonchev–Trinajstić information content (AvgIpc) is 2.81. The van der Waals surface area contributed by atoms with E-state index in [-0.39, 0.29) is 24.0 Å². The van der Waals surface area contributed by atoms with Gasteiger partial charge in [0.05, 0.1) is 11.1 Å². The van der Waals surface area contributed by atoms with Crippen molar-refractivity contribution in [3.05, 3.63) is 59.9 Å². The summed E-state index contributed by atoms with van der Waals surface area (Å²) in [5, 5.41) is 3.18. The van der Waals surface area contributed by atoms with Gasteiger partial charge in [-0.2, -0.15) is 0 Å². The van der Waals surface area contributed by atoms with E-state index in [2.05, 4.69) is 10.3 Å². The van der Waals surface area contributed by atoms with E-state index in [1.807, 2.05) is 29.2 Å². The molecule has 0 unspecified atom stereocenters. The molecule has 1 saturated carbocycles. The van der Waals surface area contributed by atoms with Gasteiger partial charge in [-0.1, -0.05) is 31.4 Å². The van der Waals surface area contributed by atoms with Gasteiger partial charge in [-0.05, 0) is 37.1 Å². The zero-order chi connectivity index (χ0) is 20.8. The predicted molar refractivity (Wildman–Crippen MR) is 115 cm³/mol. The highest BCUT2D eigenvalue weighted by Gasteiger charge is 2.26. The van der Waals surface area contributed by atoms with Gasteiger partial charge in [0, 0.05) is 44.4 Å². The number of nitrogens with one attached hydrogen (secondary N) is 1. The van der Waals surface area contributed by atoms with Crippen molar-refractivity contribution >= 4 is 11.8 Å². The van der Waals surface area contributed by atoms with Crippen molar-refractivity contribution in [2.45, 2.75) is 57.1 Å². The number of likely N-dealkylation sites (tertiary alicyclic amines) is 1. The second-order valence-corrected chi connectivity index (χ2v) is 8.16. The molecule has 2 amide bonds. The first-order valence-corrected chi connectivity index (χ1v) is 11.0. The van der Waals surface area contributed by atoms with Crippen LogP contribution in [0.25, 0.3) is 0 Å². The van der Waals surface area contributed by atoms with Gasteiger partial charge in [-0.25, -0.2) is 0 Å². The Morgan fingerprint density at radius 1 is 0.967 bits per heavy atom. The van der Waals surface area contributed by atoms with Crippen LogP contribution in [0.4, 0.5) is 0 Å². The van der Waals surface area contributed by atoms with E-state index in [9.17, 15) is 9.59 Å². The van der Waals surface area contributed by atoms with Crippen LogP contribution in [0.2, 0.25) is 0 Å². The fourth-order valence-corrected chi connectivity index (χ4v) is 4.30. The monoisotopic (exact) mass is 407 g/mol. The highest BCUT2D eigenvalue weighted by molar-refractivity contribution is 5.97. The molecule has 2 fully saturated rings. The van der Waals surface area contributed by atoms with Gasteiger partial charge in [0.15, 0.2) is 0 Å². The first kappa shape index (κ1) is 20.4. The molecule has 1 aromatic carbocycles. The molecule has 6 heteroatoms. The van der Waals surface area contributed by atoms with Crippen molar-refractivity contribution in [1.82, 2.24) is 15.2 Å². The first-order valence-electron chi connectivity index (χ1n) is 11.0. The van der Waals surface area contributed by atoms with Crippen LogP contribution in [0.15, 0.2) is 48.8 Å². The van der Waals surface area contributed by atoms with E-state index >= 15 is 0 Å². The van der Waals surface area contributed by atoms with Crippen LogP contribution in [0.3, 0.4) is 0 Å². The van der Waals surface area contributed by atoms with E-state index in [0.717, 1.165) is 25.7 Å². The summed E-state index contributed by atoms with van der Waals surface area (Å²) in [6, 6.07) is 11.3. The van der Waals surface area contributed by atoms with Gasteiger partial charge in [-0.3, -0.25) is 14.6 Å². The number of amides is 2. The number of piperidine rings is 1. The number of hydrogen-bond acceptors (Lipinski definition) is 4. The molecule has 1 aliphatic carbocycles. The van der Waals surface area contributed by atoms with Gasteiger partial charge in [0.25, 0.3) is 11.8 Å². The zero-order valence-corrected chi connectivity index (χ0v) is 17.3. The summed E-state index contributed by atoms with van der Waals surface area (Å²) in [4.78, 5) is 31.3. The third kappa shape index (κ3) is 4.99. The molecule has 1 aliphatic heterocycles. The molecule has 0 bridgehead atoms. The van der Waals surface area contributed by atoms with E-state index < -0.39 is 0 Å². The molecular formula is C24H29N3O3.